The Hall–Kier alpha value is -2.33. The third kappa shape index (κ3) is 3.29. The Labute approximate surface area is 144 Å². The van der Waals surface area contributed by atoms with Crippen LogP contribution in [0.5, 0.6) is 0 Å². The highest BCUT2D eigenvalue weighted by atomic mass is 32.2. The van der Waals surface area contributed by atoms with Gasteiger partial charge in [0.25, 0.3) is 10.0 Å². The van der Waals surface area contributed by atoms with Crippen LogP contribution in [0.2, 0.25) is 0 Å². The van der Waals surface area contributed by atoms with Crippen molar-refractivity contribution < 1.29 is 8.42 Å². The smallest absolute Gasteiger partial charge is 0.264 e. The molecule has 1 aliphatic heterocycles. The molecule has 0 saturated heterocycles. The van der Waals surface area contributed by atoms with Crippen molar-refractivity contribution in [2.75, 3.05) is 6.54 Å². The molecule has 0 saturated carbocycles. The standard InChI is InChI=1S/C20H21NO2S/c1-15-4-8-18(9-5-15)19-12-17(3)13-21(14-19)24(22,23)20-10-6-16(2)7-11-20/h4-11,14H,3,12-13H2,1-2H3. The number of hydrogen-bond acceptors (Lipinski definition) is 2. The molecule has 0 radical (unpaired) electrons. The van der Waals surface area contributed by atoms with E-state index in [-0.39, 0.29) is 0 Å². The van der Waals surface area contributed by atoms with Crippen molar-refractivity contribution in [1.29, 1.82) is 0 Å². The van der Waals surface area contributed by atoms with E-state index in [4.69, 9.17) is 0 Å². The molecule has 124 valence electrons. The van der Waals surface area contributed by atoms with Crippen LogP contribution in [0.4, 0.5) is 0 Å². The van der Waals surface area contributed by atoms with E-state index in [9.17, 15) is 8.42 Å². The van der Waals surface area contributed by atoms with Gasteiger partial charge in [-0.3, -0.25) is 4.31 Å². The first-order valence-electron chi connectivity index (χ1n) is 7.89. The molecule has 2 aromatic rings. The number of allylic oxidation sites excluding steroid dienone is 1. The van der Waals surface area contributed by atoms with Crippen molar-refractivity contribution in [2.45, 2.75) is 25.2 Å². The highest BCUT2D eigenvalue weighted by Crippen LogP contribution is 2.30. The maximum atomic E-state index is 12.9. The first kappa shape index (κ1) is 16.5. The Bertz CT molecular complexity index is 892. The normalized spacial score (nSPS) is 15.3. The average molecular weight is 339 g/mol. The van der Waals surface area contributed by atoms with Crippen molar-refractivity contribution in [3.63, 3.8) is 0 Å². The molecule has 0 bridgehead atoms. The lowest BCUT2D eigenvalue weighted by molar-refractivity contribution is 0.511. The monoisotopic (exact) mass is 339 g/mol. The van der Waals surface area contributed by atoms with Crippen LogP contribution >= 0.6 is 0 Å². The Kier molecular flexibility index (Phi) is 4.33. The lowest BCUT2D eigenvalue weighted by Crippen LogP contribution is -2.30. The lowest BCUT2D eigenvalue weighted by Gasteiger charge is -2.28. The summed E-state index contributed by atoms with van der Waals surface area (Å²) in [6.45, 7) is 8.33. The fraction of sp³-hybridized carbons (Fsp3) is 0.200. The molecule has 24 heavy (non-hydrogen) atoms. The van der Waals surface area contributed by atoms with Gasteiger partial charge < -0.3 is 0 Å². The zero-order valence-electron chi connectivity index (χ0n) is 14.0. The van der Waals surface area contributed by atoms with Crippen LogP contribution < -0.4 is 0 Å². The van der Waals surface area contributed by atoms with Gasteiger partial charge in [0.15, 0.2) is 0 Å². The van der Waals surface area contributed by atoms with Crippen molar-refractivity contribution >= 4 is 15.6 Å². The Morgan fingerprint density at radius 3 is 2.04 bits per heavy atom. The topological polar surface area (TPSA) is 37.4 Å². The average Bonchev–Trinajstić information content (AvgIpc) is 2.55. The van der Waals surface area contributed by atoms with Gasteiger partial charge in [-0.25, -0.2) is 8.42 Å². The predicted molar refractivity (Wildman–Crippen MR) is 98.0 cm³/mol. The van der Waals surface area contributed by atoms with Crippen LogP contribution in [0, 0.1) is 13.8 Å². The third-order valence-corrected chi connectivity index (χ3v) is 5.89. The van der Waals surface area contributed by atoms with Gasteiger partial charge in [-0.15, -0.1) is 0 Å². The fourth-order valence-corrected chi connectivity index (χ4v) is 4.12. The van der Waals surface area contributed by atoms with Gasteiger partial charge in [0.05, 0.1) is 11.4 Å². The molecule has 0 aliphatic carbocycles. The summed E-state index contributed by atoms with van der Waals surface area (Å²) in [5, 5.41) is 0. The van der Waals surface area contributed by atoms with Gasteiger partial charge in [0.2, 0.25) is 0 Å². The van der Waals surface area contributed by atoms with Crippen molar-refractivity contribution in [2.24, 2.45) is 0 Å². The van der Waals surface area contributed by atoms with E-state index in [0.717, 1.165) is 22.3 Å². The van der Waals surface area contributed by atoms with Crippen LogP contribution in [-0.4, -0.2) is 19.3 Å². The Morgan fingerprint density at radius 2 is 1.46 bits per heavy atom. The minimum Gasteiger partial charge on any atom is -0.269 e. The molecular weight excluding hydrogens is 318 g/mol. The van der Waals surface area contributed by atoms with E-state index in [0.29, 0.717) is 17.9 Å². The molecule has 1 heterocycles. The summed E-state index contributed by atoms with van der Waals surface area (Å²) < 4.78 is 27.2. The summed E-state index contributed by atoms with van der Waals surface area (Å²) in [6.07, 6.45) is 2.44. The van der Waals surface area contributed by atoms with E-state index in [1.54, 1.807) is 18.3 Å². The zero-order valence-corrected chi connectivity index (χ0v) is 14.8. The second kappa shape index (κ2) is 6.29. The molecule has 0 spiro atoms. The summed E-state index contributed by atoms with van der Waals surface area (Å²) >= 11 is 0. The minimum atomic E-state index is -3.56. The summed E-state index contributed by atoms with van der Waals surface area (Å²) in [5.41, 5.74) is 5.11. The molecule has 1 aliphatic rings. The van der Waals surface area contributed by atoms with Gasteiger partial charge in [0, 0.05) is 6.20 Å². The number of rotatable bonds is 3. The maximum absolute atomic E-state index is 12.9. The van der Waals surface area contributed by atoms with Crippen molar-refractivity contribution in [1.82, 2.24) is 4.31 Å². The van der Waals surface area contributed by atoms with E-state index in [1.807, 2.05) is 50.2 Å². The summed E-state index contributed by atoms with van der Waals surface area (Å²) in [7, 11) is -3.56. The van der Waals surface area contributed by atoms with Crippen LogP contribution in [0.25, 0.3) is 5.57 Å². The molecule has 0 unspecified atom stereocenters. The van der Waals surface area contributed by atoms with Gasteiger partial charge in [-0.05, 0) is 43.5 Å². The summed E-state index contributed by atoms with van der Waals surface area (Å²) in [4.78, 5) is 0.308. The third-order valence-electron chi connectivity index (χ3n) is 4.17. The molecule has 0 aromatic heterocycles. The van der Waals surface area contributed by atoms with Gasteiger partial charge in [0.1, 0.15) is 0 Å². The summed E-state index contributed by atoms with van der Waals surface area (Å²) in [5.74, 6) is 0. The van der Waals surface area contributed by atoms with Crippen LogP contribution in [0.15, 0.2) is 71.8 Å². The first-order chi connectivity index (χ1) is 11.4. The van der Waals surface area contributed by atoms with Crippen LogP contribution in [-0.2, 0) is 10.0 Å². The Morgan fingerprint density at radius 1 is 0.917 bits per heavy atom. The fourth-order valence-electron chi connectivity index (χ4n) is 2.75. The molecule has 3 rings (SSSR count). The number of hydrogen-bond donors (Lipinski definition) is 0. The van der Waals surface area contributed by atoms with Crippen molar-refractivity contribution in [3.05, 3.63) is 83.6 Å². The quantitative estimate of drug-likeness (QED) is 0.782. The lowest BCUT2D eigenvalue weighted by atomic mass is 9.97. The van der Waals surface area contributed by atoms with Crippen LogP contribution in [0.1, 0.15) is 23.1 Å². The molecule has 0 fully saturated rings. The van der Waals surface area contributed by atoms with E-state index >= 15 is 0 Å². The zero-order chi connectivity index (χ0) is 17.3. The Balaban J connectivity index is 2.00. The predicted octanol–water partition coefficient (Wildman–Crippen LogP) is 4.30. The molecule has 3 nitrogen and oxygen atoms in total. The second-order valence-corrected chi connectivity index (χ2v) is 8.20. The largest absolute Gasteiger partial charge is 0.269 e. The van der Waals surface area contributed by atoms with Crippen LogP contribution in [0.3, 0.4) is 0 Å². The molecule has 0 amide bonds. The van der Waals surface area contributed by atoms with Gasteiger partial charge >= 0.3 is 0 Å². The van der Waals surface area contributed by atoms with E-state index in [2.05, 4.69) is 6.58 Å². The summed E-state index contributed by atoms with van der Waals surface area (Å²) in [6, 6.07) is 15.1. The molecule has 0 N–H and O–H groups in total. The highest BCUT2D eigenvalue weighted by molar-refractivity contribution is 7.89. The number of sulfonamides is 1. The SMILES string of the molecule is C=C1CC(c2ccc(C)cc2)=CN(S(=O)(=O)c2ccc(C)cc2)C1. The maximum Gasteiger partial charge on any atom is 0.264 e. The first-order valence-corrected chi connectivity index (χ1v) is 9.33. The van der Waals surface area contributed by atoms with Crippen molar-refractivity contribution in [3.8, 4) is 0 Å². The minimum absolute atomic E-state index is 0.308. The second-order valence-electron chi connectivity index (χ2n) is 6.31. The number of aryl methyl sites for hydroxylation is 2. The van der Waals surface area contributed by atoms with Gasteiger partial charge in [-0.2, -0.15) is 0 Å². The molecular formula is C20H21NO2S. The highest BCUT2D eigenvalue weighted by Gasteiger charge is 2.26. The molecule has 4 heteroatoms. The van der Waals surface area contributed by atoms with E-state index < -0.39 is 10.0 Å². The van der Waals surface area contributed by atoms with E-state index in [1.165, 1.54) is 9.87 Å². The molecule has 2 aromatic carbocycles. The number of nitrogens with zero attached hydrogens (tertiary/aromatic N) is 1. The number of benzene rings is 2. The molecule has 0 atom stereocenters. The van der Waals surface area contributed by atoms with Gasteiger partial charge in [-0.1, -0.05) is 59.7 Å².